The fourth-order valence-electron chi connectivity index (χ4n) is 5.69. The van der Waals surface area contributed by atoms with Gasteiger partial charge in [-0.05, 0) is 62.5 Å². The summed E-state index contributed by atoms with van der Waals surface area (Å²) < 4.78 is 30.9. The summed E-state index contributed by atoms with van der Waals surface area (Å²) in [4.78, 5) is 20.0. The molecule has 0 unspecified atom stereocenters. The summed E-state index contributed by atoms with van der Waals surface area (Å²) in [6, 6.07) is 9.94. The lowest BCUT2D eigenvalue weighted by Crippen LogP contribution is -2.37. The standard InChI is InChI=1S/C30H36F2N4OS/c1-4-36-19-26(29(33-36)30(3,31)32)23-12-7-6-11-22(23)25-18-35(20-27-24(25)17-21(2)38-27)28(37)13-10-16-34-14-8-5-9-15-34/h6-7,10-13,17,19,25H,4-5,8-9,14-16,18,20H2,1-3H3/b13-10+/t25-/m0/s1. The molecule has 8 heteroatoms. The molecule has 38 heavy (non-hydrogen) atoms. The minimum Gasteiger partial charge on any atom is -0.333 e. The van der Waals surface area contributed by atoms with Gasteiger partial charge in [-0.3, -0.25) is 14.4 Å². The number of hydrogen-bond acceptors (Lipinski definition) is 4. The van der Waals surface area contributed by atoms with Crippen LogP contribution in [0.2, 0.25) is 0 Å². The number of rotatable bonds is 7. The highest BCUT2D eigenvalue weighted by Crippen LogP contribution is 2.43. The van der Waals surface area contributed by atoms with Crippen molar-refractivity contribution in [3.63, 3.8) is 0 Å². The van der Waals surface area contributed by atoms with Crippen LogP contribution < -0.4 is 0 Å². The van der Waals surface area contributed by atoms with E-state index < -0.39 is 5.92 Å². The van der Waals surface area contributed by atoms with Gasteiger partial charge in [0.05, 0.1) is 6.54 Å². The zero-order valence-corrected chi connectivity index (χ0v) is 23.2. The number of aryl methyl sites for hydroxylation is 2. The average Bonchev–Trinajstić information content (AvgIpc) is 3.52. The lowest BCUT2D eigenvalue weighted by molar-refractivity contribution is -0.127. The molecule has 5 nitrogen and oxygen atoms in total. The molecule has 1 atom stereocenters. The first-order valence-electron chi connectivity index (χ1n) is 13.6. The van der Waals surface area contributed by atoms with Crippen molar-refractivity contribution in [1.82, 2.24) is 19.6 Å². The van der Waals surface area contributed by atoms with Crippen LogP contribution in [0, 0.1) is 6.92 Å². The Kier molecular flexibility index (Phi) is 7.82. The van der Waals surface area contributed by atoms with Gasteiger partial charge in [-0.15, -0.1) is 11.3 Å². The molecule has 1 fully saturated rings. The molecule has 0 bridgehead atoms. The number of hydrogen-bond donors (Lipinski definition) is 0. The van der Waals surface area contributed by atoms with Crippen molar-refractivity contribution < 1.29 is 13.6 Å². The van der Waals surface area contributed by atoms with Crippen LogP contribution in [0.4, 0.5) is 8.78 Å². The molecule has 1 aromatic carbocycles. The van der Waals surface area contributed by atoms with Gasteiger partial charge in [0, 0.05) is 60.1 Å². The summed E-state index contributed by atoms with van der Waals surface area (Å²) in [6.07, 6.45) is 9.15. The number of nitrogens with zero attached hydrogens (tertiary/aromatic N) is 4. The van der Waals surface area contributed by atoms with Crippen molar-refractivity contribution in [2.75, 3.05) is 26.2 Å². The predicted octanol–water partition coefficient (Wildman–Crippen LogP) is 6.57. The fraction of sp³-hybridized carbons (Fsp3) is 0.467. The Hall–Kier alpha value is -2.84. The Morgan fingerprint density at radius 3 is 2.66 bits per heavy atom. The summed E-state index contributed by atoms with van der Waals surface area (Å²) in [5.74, 6) is -3.18. The first-order valence-corrected chi connectivity index (χ1v) is 14.4. The summed E-state index contributed by atoms with van der Waals surface area (Å²) in [7, 11) is 0. The third-order valence-electron chi connectivity index (χ3n) is 7.59. The van der Waals surface area contributed by atoms with E-state index in [1.54, 1.807) is 28.3 Å². The molecule has 0 spiro atoms. The SMILES string of the molecule is CCn1cc(-c2ccccc2[C@@H]2CN(C(=O)/C=C/CN3CCCCC3)Cc3sc(C)cc32)c(C(C)(F)F)n1. The molecule has 2 aliphatic rings. The van der Waals surface area contributed by atoms with Crippen LogP contribution in [-0.2, 0) is 23.8 Å². The molecule has 4 heterocycles. The second-order valence-corrected chi connectivity index (χ2v) is 11.8. The van der Waals surface area contributed by atoms with Gasteiger partial charge < -0.3 is 4.90 Å². The minimum absolute atomic E-state index is 0.000719. The molecule has 0 aliphatic carbocycles. The highest BCUT2D eigenvalue weighted by Gasteiger charge is 2.35. The van der Waals surface area contributed by atoms with Gasteiger partial charge in [0.15, 0.2) is 0 Å². The molecule has 2 aromatic heterocycles. The Labute approximate surface area is 227 Å². The summed E-state index contributed by atoms with van der Waals surface area (Å²) in [5, 5.41) is 4.22. The lowest BCUT2D eigenvalue weighted by atomic mass is 9.83. The number of fused-ring (bicyclic) bond motifs is 1. The summed E-state index contributed by atoms with van der Waals surface area (Å²) >= 11 is 1.71. The number of carbonyl (C=O) groups excluding carboxylic acids is 1. The van der Waals surface area contributed by atoms with E-state index in [2.05, 4.69) is 23.0 Å². The van der Waals surface area contributed by atoms with Crippen molar-refractivity contribution in [3.05, 3.63) is 75.3 Å². The predicted molar refractivity (Wildman–Crippen MR) is 149 cm³/mol. The van der Waals surface area contributed by atoms with Crippen LogP contribution in [0.15, 0.2) is 48.7 Å². The quantitative estimate of drug-likeness (QED) is 0.320. The zero-order chi connectivity index (χ0) is 26.9. The van der Waals surface area contributed by atoms with E-state index in [0.717, 1.165) is 42.6 Å². The Morgan fingerprint density at radius 1 is 1.16 bits per heavy atom. The van der Waals surface area contributed by atoms with Gasteiger partial charge in [0.25, 0.3) is 5.92 Å². The van der Waals surface area contributed by atoms with Crippen molar-refractivity contribution >= 4 is 17.2 Å². The zero-order valence-electron chi connectivity index (χ0n) is 22.4. The molecule has 0 radical (unpaired) electrons. The average molecular weight is 539 g/mol. The largest absolute Gasteiger partial charge is 0.333 e. The Balaban J connectivity index is 1.48. The van der Waals surface area contributed by atoms with Crippen LogP contribution in [0.1, 0.15) is 65.6 Å². The van der Waals surface area contributed by atoms with E-state index >= 15 is 0 Å². The Bertz CT molecular complexity index is 1320. The van der Waals surface area contributed by atoms with Gasteiger partial charge in [0.1, 0.15) is 5.69 Å². The topological polar surface area (TPSA) is 41.4 Å². The molecular formula is C30H36F2N4OS. The molecule has 1 saturated heterocycles. The monoisotopic (exact) mass is 538 g/mol. The van der Waals surface area contributed by atoms with E-state index in [1.807, 2.05) is 42.2 Å². The van der Waals surface area contributed by atoms with E-state index in [4.69, 9.17) is 0 Å². The van der Waals surface area contributed by atoms with Gasteiger partial charge in [-0.25, -0.2) is 0 Å². The second kappa shape index (κ2) is 11.1. The van der Waals surface area contributed by atoms with Crippen LogP contribution in [-0.4, -0.2) is 51.7 Å². The second-order valence-electron chi connectivity index (χ2n) is 10.5. The number of thiophene rings is 1. The number of alkyl halides is 2. The summed E-state index contributed by atoms with van der Waals surface area (Å²) in [6.45, 7) is 9.44. The molecule has 202 valence electrons. The first kappa shape index (κ1) is 26.8. The molecule has 0 N–H and O–H groups in total. The van der Waals surface area contributed by atoms with Crippen molar-refractivity contribution in [3.8, 4) is 11.1 Å². The van der Waals surface area contributed by atoms with E-state index in [1.165, 1.54) is 29.7 Å². The Morgan fingerprint density at radius 2 is 1.92 bits per heavy atom. The molecule has 5 rings (SSSR count). The third-order valence-corrected chi connectivity index (χ3v) is 8.64. The summed E-state index contributed by atoms with van der Waals surface area (Å²) in [5.41, 5.74) is 3.13. The fourth-order valence-corrected chi connectivity index (χ4v) is 6.81. The number of halogens is 2. The van der Waals surface area contributed by atoms with Crippen LogP contribution in [0.25, 0.3) is 11.1 Å². The van der Waals surface area contributed by atoms with E-state index in [9.17, 15) is 13.6 Å². The molecule has 0 saturated carbocycles. The number of amides is 1. The van der Waals surface area contributed by atoms with Crippen LogP contribution in [0.3, 0.4) is 0 Å². The minimum atomic E-state index is -3.07. The lowest BCUT2D eigenvalue weighted by Gasteiger charge is -2.33. The van der Waals surface area contributed by atoms with Crippen LogP contribution in [0.5, 0.6) is 0 Å². The normalized spacial score (nSPS) is 18.8. The molecule has 3 aromatic rings. The number of carbonyl (C=O) groups is 1. The highest BCUT2D eigenvalue weighted by atomic mass is 32.1. The first-order chi connectivity index (χ1) is 18.2. The van der Waals surface area contributed by atoms with Crippen molar-refractivity contribution in [2.45, 2.75) is 65.0 Å². The van der Waals surface area contributed by atoms with Gasteiger partial charge in [-0.1, -0.05) is 36.8 Å². The number of piperidine rings is 1. The van der Waals surface area contributed by atoms with Gasteiger partial charge >= 0.3 is 0 Å². The third kappa shape index (κ3) is 5.61. The van der Waals surface area contributed by atoms with Crippen molar-refractivity contribution in [2.24, 2.45) is 0 Å². The molecule has 1 amide bonds. The van der Waals surface area contributed by atoms with E-state index in [0.29, 0.717) is 25.2 Å². The van der Waals surface area contributed by atoms with Crippen LogP contribution >= 0.6 is 11.3 Å². The maximum absolute atomic E-state index is 14.6. The van der Waals surface area contributed by atoms with Gasteiger partial charge in [-0.2, -0.15) is 13.9 Å². The number of likely N-dealkylation sites (tertiary alicyclic amines) is 1. The maximum Gasteiger partial charge on any atom is 0.289 e. The number of aromatic nitrogens is 2. The molecule has 2 aliphatic heterocycles. The molecular weight excluding hydrogens is 502 g/mol. The smallest absolute Gasteiger partial charge is 0.289 e. The highest BCUT2D eigenvalue weighted by molar-refractivity contribution is 7.12. The van der Waals surface area contributed by atoms with Crippen molar-refractivity contribution in [1.29, 1.82) is 0 Å². The van der Waals surface area contributed by atoms with E-state index in [-0.39, 0.29) is 17.5 Å². The maximum atomic E-state index is 14.6. The number of benzene rings is 1. The van der Waals surface area contributed by atoms with Gasteiger partial charge in [0.2, 0.25) is 5.91 Å².